The van der Waals surface area contributed by atoms with Gasteiger partial charge in [0.25, 0.3) is 0 Å². The molecule has 8 nitrogen and oxygen atoms in total. The maximum atomic E-state index is 10.8. The summed E-state index contributed by atoms with van der Waals surface area (Å²) in [6.45, 7) is 9.12. The summed E-state index contributed by atoms with van der Waals surface area (Å²) in [6.07, 6.45) is 6.22. The Labute approximate surface area is 172 Å². The van der Waals surface area contributed by atoms with Crippen LogP contribution in [0.4, 0.5) is 0 Å². The van der Waals surface area contributed by atoms with E-state index >= 15 is 0 Å². The molecule has 0 aliphatic carbocycles. The fourth-order valence-corrected chi connectivity index (χ4v) is 2.24. The molecule has 0 aliphatic heterocycles. The lowest BCUT2D eigenvalue weighted by molar-refractivity contribution is -0.120. The van der Waals surface area contributed by atoms with Gasteiger partial charge < -0.3 is 21.3 Å². The first-order chi connectivity index (χ1) is 12.4. The van der Waals surface area contributed by atoms with Crippen LogP contribution in [0.15, 0.2) is 0 Å². The lowest BCUT2D eigenvalue weighted by Gasteiger charge is -2.15. The van der Waals surface area contributed by atoms with Gasteiger partial charge in [-0.1, -0.05) is 28.7 Å². The van der Waals surface area contributed by atoms with Gasteiger partial charge in [-0.2, -0.15) is 0 Å². The van der Waals surface area contributed by atoms with E-state index in [0.717, 1.165) is 38.6 Å². The predicted molar refractivity (Wildman–Crippen MR) is 116 cm³/mol. The minimum absolute atomic E-state index is 0. The molecule has 0 rings (SSSR count). The highest BCUT2D eigenvalue weighted by Gasteiger charge is 2.06. The molecule has 0 saturated carbocycles. The molecule has 0 fully saturated rings. The zero-order valence-electron chi connectivity index (χ0n) is 16.6. The minimum atomic E-state index is 0. The zero-order chi connectivity index (χ0) is 20.2. The molecule has 0 aromatic heterocycles. The van der Waals surface area contributed by atoms with Crippen LogP contribution < -0.4 is 21.3 Å². The number of rotatable bonds is 14. The van der Waals surface area contributed by atoms with Gasteiger partial charge in [0.1, 0.15) is 0 Å². The van der Waals surface area contributed by atoms with Crippen LogP contribution in [0, 0.1) is 5.92 Å². The van der Waals surface area contributed by atoms with Crippen LogP contribution in [0.3, 0.4) is 0 Å². The molecule has 28 heavy (non-hydrogen) atoms. The van der Waals surface area contributed by atoms with Crippen molar-refractivity contribution in [2.75, 3.05) is 19.6 Å². The number of carbonyl (C=O) groups is 4. The molecule has 4 amide bonds. The van der Waals surface area contributed by atoms with Crippen LogP contribution in [-0.4, -0.2) is 50.3 Å². The van der Waals surface area contributed by atoms with Crippen molar-refractivity contribution in [2.45, 2.75) is 80.7 Å². The van der Waals surface area contributed by atoms with Crippen LogP contribution >= 0.6 is 0 Å². The molecule has 8 heteroatoms. The van der Waals surface area contributed by atoms with E-state index in [0.29, 0.717) is 31.8 Å². The first-order valence-corrected chi connectivity index (χ1v) is 9.26. The second-order valence-corrected chi connectivity index (χ2v) is 6.11. The van der Waals surface area contributed by atoms with Gasteiger partial charge in [-0.25, -0.2) is 0 Å². The molecule has 0 bridgehead atoms. The van der Waals surface area contributed by atoms with Gasteiger partial charge in [-0.05, 0) is 38.0 Å². The third-order valence-corrected chi connectivity index (χ3v) is 3.81. The van der Waals surface area contributed by atoms with E-state index in [-0.39, 0.29) is 32.7 Å². The fraction of sp³-hybridized carbons (Fsp3) is 0.800. The number of hydrogen-bond donors (Lipinski definition) is 4. The number of nitrogens with one attached hydrogen (secondary N) is 4. The standard InChI is InChI=1S/C11H22N2O2.C7H14N2O2.2CH4/c1-4-11(13-10(3)15)7-5-6-8-12-9(2)14;1-2-7(3-8-5-10)4-9-6-11;;/h11H,4-8H2,1-3H3,(H,12,14)(H,13,15);5-7H,2-4H2,1H3,(H,8,10)(H,9,11);2*1H4. The van der Waals surface area contributed by atoms with E-state index in [1.165, 1.54) is 6.92 Å². The molecule has 0 aromatic rings. The first-order valence-electron chi connectivity index (χ1n) is 9.26. The van der Waals surface area contributed by atoms with Crippen molar-refractivity contribution >= 4 is 24.6 Å². The maximum Gasteiger partial charge on any atom is 0.217 e. The van der Waals surface area contributed by atoms with Gasteiger partial charge in [-0.3, -0.25) is 19.2 Å². The van der Waals surface area contributed by atoms with Crippen molar-refractivity contribution in [1.29, 1.82) is 0 Å². The van der Waals surface area contributed by atoms with Crippen LogP contribution in [-0.2, 0) is 19.2 Å². The van der Waals surface area contributed by atoms with Crippen molar-refractivity contribution in [2.24, 2.45) is 5.92 Å². The van der Waals surface area contributed by atoms with Crippen molar-refractivity contribution in [3.05, 3.63) is 0 Å². The highest BCUT2D eigenvalue weighted by Crippen LogP contribution is 2.03. The van der Waals surface area contributed by atoms with Crippen LogP contribution in [0.5, 0.6) is 0 Å². The fourth-order valence-electron chi connectivity index (χ4n) is 2.24. The second kappa shape index (κ2) is 24.9. The molecular weight excluding hydrogens is 360 g/mol. The smallest absolute Gasteiger partial charge is 0.217 e. The van der Waals surface area contributed by atoms with Gasteiger partial charge in [0.05, 0.1) is 0 Å². The summed E-state index contributed by atoms with van der Waals surface area (Å²) >= 11 is 0. The summed E-state index contributed by atoms with van der Waals surface area (Å²) in [6, 6.07) is 0.278. The van der Waals surface area contributed by atoms with Crippen LogP contribution in [0.25, 0.3) is 0 Å². The highest BCUT2D eigenvalue weighted by molar-refractivity contribution is 5.73. The Balaban J connectivity index is -0.000000200. The Bertz CT molecular complexity index is 380. The Kier molecular flexibility index (Phi) is 29.7. The Morgan fingerprint density at radius 3 is 1.75 bits per heavy atom. The van der Waals surface area contributed by atoms with E-state index in [2.05, 4.69) is 28.2 Å². The highest BCUT2D eigenvalue weighted by atomic mass is 16.2. The van der Waals surface area contributed by atoms with Crippen molar-refractivity contribution in [3.8, 4) is 0 Å². The minimum Gasteiger partial charge on any atom is -0.358 e. The first kappa shape index (κ1) is 33.5. The van der Waals surface area contributed by atoms with Gasteiger partial charge in [0.2, 0.25) is 24.6 Å². The molecule has 0 spiro atoms. The lowest BCUT2D eigenvalue weighted by Crippen LogP contribution is -2.32. The van der Waals surface area contributed by atoms with Crippen LogP contribution in [0.2, 0.25) is 0 Å². The van der Waals surface area contributed by atoms with E-state index in [1.54, 1.807) is 6.92 Å². The van der Waals surface area contributed by atoms with E-state index in [4.69, 9.17) is 0 Å². The molecular formula is C20H44N4O4. The summed E-state index contributed by atoms with van der Waals surface area (Å²) in [5.74, 6) is 0.387. The van der Waals surface area contributed by atoms with Gasteiger partial charge in [0, 0.05) is 39.5 Å². The summed E-state index contributed by atoms with van der Waals surface area (Å²) < 4.78 is 0. The third-order valence-electron chi connectivity index (χ3n) is 3.81. The predicted octanol–water partition coefficient (Wildman–Crippen LogP) is 1.98. The van der Waals surface area contributed by atoms with Crippen molar-refractivity contribution in [1.82, 2.24) is 21.3 Å². The summed E-state index contributed by atoms with van der Waals surface area (Å²) in [4.78, 5) is 41.2. The number of unbranched alkanes of at least 4 members (excludes halogenated alkanes) is 1. The molecule has 168 valence electrons. The Morgan fingerprint density at radius 1 is 0.857 bits per heavy atom. The number of amides is 4. The lowest BCUT2D eigenvalue weighted by atomic mass is 10.1. The van der Waals surface area contributed by atoms with Gasteiger partial charge >= 0.3 is 0 Å². The van der Waals surface area contributed by atoms with Crippen molar-refractivity contribution in [3.63, 3.8) is 0 Å². The van der Waals surface area contributed by atoms with Crippen molar-refractivity contribution < 1.29 is 19.2 Å². The topological polar surface area (TPSA) is 116 Å². The number of carbonyl (C=O) groups excluding carboxylic acids is 4. The Morgan fingerprint density at radius 2 is 1.39 bits per heavy atom. The largest absolute Gasteiger partial charge is 0.358 e. The molecule has 0 aliphatic rings. The monoisotopic (exact) mass is 404 g/mol. The van der Waals surface area contributed by atoms with Crippen LogP contribution in [0.1, 0.15) is 74.7 Å². The van der Waals surface area contributed by atoms with E-state index in [9.17, 15) is 19.2 Å². The summed E-state index contributed by atoms with van der Waals surface area (Å²) in [5, 5.41) is 10.8. The van der Waals surface area contributed by atoms with E-state index < -0.39 is 0 Å². The van der Waals surface area contributed by atoms with Gasteiger partial charge in [0.15, 0.2) is 0 Å². The normalized spacial score (nSPS) is 10.0. The molecule has 0 radical (unpaired) electrons. The average Bonchev–Trinajstić information content (AvgIpc) is 2.60. The third kappa shape index (κ3) is 26.1. The molecule has 0 saturated heterocycles. The van der Waals surface area contributed by atoms with E-state index in [1.807, 2.05) is 6.92 Å². The maximum absolute atomic E-state index is 10.8. The summed E-state index contributed by atoms with van der Waals surface area (Å²) in [7, 11) is 0. The quantitative estimate of drug-likeness (QED) is 0.262. The van der Waals surface area contributed by atoms with Gasteiger partial charge in [-0.15, -0.1) is 0 Å². The molecule has 0 heterocycles. The molecule has 4 N–H and O–H groups in total. The average molecular weight is 405 g/mol. The summed E-state index contributed by atoms with van der Waals surface area (Å²) in [5.41, 5.74) is 0. The molecule has 0 aromatic carbocycles. The Hall–Kier alpha value is -2.12. The SMILES string of the molecule is C.C.CCC(CCCCNC(C)=O)NC(C)=O.CCC(CNC=O)CNC=O. The molecule has 1 atom stereocenters. The zero-order valence-corrected chi connectivity index (χ0v) is 16.6. The number of hydrogen-bond acceptors (Lipinski definition) is 4. The molecule has 1 unspecified atom stereocenters. The second-order valence-electron chi connectivity index (χ2n) is 6.11.